The van der Waals surface area contributed by atoms with E-state index in [9.17, 15) is 14.4 Å². The summed E-state index contributed by atoms with van der Waals surface area (Å²) in [6.45, 7) is 3.92. The Morgan fingerprint density at radius 3 is 2.67 bits per heavy atom. The van der Waals surface area contributed by atoms with Gasteiger partial charge in [-0.2, -0.15) is 0 Å². The Morgan fingerprint density at radius 2 is 1.93 bits per heavy atom. The molecule has 4 rings (SSSR count). The lowest BCUT2D eigenvalue weighted by molar-refractivity contribution is -0.122. The summed E-state index contributed by atoms with van der Waals surface area (Å²) in [5.74, 6) is -0.188. The number of anilines is 1. The molecule has 154 valence electrons. The molecule has 0 spiro atoms. The van der Waals surface area contributed by atoms with E-state index in [1.54, 1.807) is 37.3 Å². The number of rotatable bonds is 4. The van der Waals surface area contributed by atoms with Gasteiger partial charge in [0.25, 0.3) is 11.8 Å². The van der Waals surface area contributed by atoms with Gasteiger partial charge in [-0.3, -0.25) is 14.9 Å². The zero-order valence-electron chi connectivity index (χ0n) is 16.2. The molecule has 0 unspecified atom stereocenters. The Labute approximate surface area is 177 Å². The minimum atomic E-state index is -0.844. The van der Waals surface area contributed by atoms with E-state index in [-0.39, 0.29) is 12.4 Å². The first-order valence-corrected chi connectivity index (χ1v) is 9.51. The van der Waals surface area contributed by atoms with Gasteiger partial charge in [0, 0.05) is 16.7 Å². The SMILES string of the molecule is CCOc1cc2c(cc1/C=C1\C(=O)NC(=O)N(c3cccc(Cl)c3C)C1=O)OCO2. The molecule has 0 aliphatic carbocycles. The predicted octanol–water partition coefficient (Wildman–Crippen LogP) is 3.44. The van der Waals surface area contributed by atoms with Crippen LogP contribution in [0.4, 0.5) is 10.5 Å². The van der Waals surface area contributed by atoms with E-state index in [4.69, 9.17) is 25.8 Å². The number of halogens is 1. The average molecular weight is 429 g/mol. The standard InChI is InChI=1S/C21H17ClN2O6/c1-3-28-16-9-18-17(29-10-30-18)8-12(16)7-13-19(25)23-21(27)24(20(13)26)15-6-4-5-14(22)11(15)2/h4-9H,3,10H2,1-2H3,(H,23,25,27)/b13-7+. The maximum Gasteiger partial charge on any atom is 0.335 e. The quantitative estimate of drug-likeness (QED) is 0.592. The minimum absolute atomic E-state index is 0.0661. The first-order valence-electron chi connectivity index (χ1n) is 9.13. The fraction of sp³-hybridized carbons (Fsp3) is 0.190. The van der Waals surface area contributed by atoms with Gasteiger partial charge in [0.15, 0.2) is 11.5 Å². The molecule has 0 aromatic heterocycles. The van der Waals surface area contributed by atoms with Gasteiger partial charge >= 0.3 is 6.03 Å². The van der Waals surface area contributed by atoms with Crippen molar-refractivity contribution >= 4 is 41.2 Å². The third-order valence-electron chi connectivity index (χ3n) is 4.69. The van der Waals surface area contributed by atoms with Gasteiger partial charge in [-0.25, -0.2) is 9.69 Å². The number of carbonyl (C=O) groups is 3. The van der Waals surface area contributed by atoms with Crippen LogP contribution < -0.4 is 24.4 Å². The summed E-state index contributed by atoms with van der Waals surface area (Å²) in [6, 6.07) is 7.26. The predicted molar refractivity (Wildman–Crippen MR) is 109 cm³/mol. The van der Waals surface area contributed by atoms with Crippen LogP contribution in [0.25, 0.3) is 6.08 Å². The third kappa shape index (κ3) is 3.35. The Kier molecular flexibility index (Phi) is 5.09. The molecule has 2 aromatic rings. The summed E-state index contributed by atoms with van der Waals surface area (Å²) in [4.78, 5) is 39.0. The molecule has 30 heavy (non-hydrogen) atoms. The van der Waals surface area contributed by atoms with Gasteiger partial charge in [0.1, 0.15) is 11.3 Å². The Balaban J connectivity index is 1.80. The number of urea groups is 1. The average Bonchev–Trinajstić information content (AvgIpc) is 3.15. The van der Waals surface area contributed by atoms with Crippen molar-refractivity contribution in [1.82, 2.24) is 5.32 Å². The van der Waals surface area contributed by atoms with E-state index >= 15 is 0 Å². The van der Waals surface area contributed by atoms with E-state index in [2.05, 4.69) is 5.32 Å². The Hall–Kier alpha value is -3.52. The van der Waals surface area contributed by atoms with Crippen LogP contribution in [-0.2, 0) is 9.59 Å². The van der Waals surface area contributed by atoms with Crippen LogP contribution in [-0.4, -0.2) is 31.2 Å². The minimum Gasteiger partial charge on any atom is -0.493 e. The molecule has 1 saturated heterocycles. The highest BCUT2D eigenvalue weighted by atomic mass is 35.5. The molecule has 0 atom stereocenters. The summed E-state index contributed by atoms with van der Waals surface area (Å²) in [5, 5.41) is 2.59. The summed E-state index contributed by atoms with van der Waals surface area (Å²) < 4.78 is 16.4. The smallest absolute Gasteiger partial charge is 0.335 e. The fourth-order valence-electron chi connectivity index (χ4n) is 3.20. The second-order valence-electron chi connectivity index (χ2n) is 6.52. The molecule has 9 heteroatoms. The molecule has 0 saturated carbocycles. The second kappa shape index (κ2) is 7.72. The van der Waals surface area contributed by atoms with E-state index in [0.717, 1.165) is 4.90 Å². The number of carbonyl (C=O) groups excluding carboxylic acids is 3. The molecule has 8 nitrogen and oxygen atoms in total. The lowest BCUT2D eigenvalue weighted by Gasteiger charge is -2.27. The van der Waals surface area contributed by atoms with Crippen molar-refractivity contribution in [3.05, 3.63) is 52.1 Å². The molecule has 2 aromatic carbocycles. The first kappa shape index (κ1) is 19.8. The molecule has 1 fully saturated rings. The number of amides is 4. The third-order valence-corrected chi connectivity index (χ3v) is 5.10. The van der Waals surface area contributed by atoms with Crippen LogP contribution in [0.2, 0.25) is 5.02 Å². The monoisotopic (exact) mass is 428 g/mol. The summed E-state index contributed by atoms with van der Waals surface area (Å²) in [7, 11) is 0. The number of benzene rings is 2. The number of ether oxygens (including phenoxy) is 3. The maximum absolute atomic E-state index is 13.2. The molecule has 2 aliphatic heterocycles. The highest BCUT2D eigenvalue weighted by molar-refractivity contribution is 6.40. The molecular weight excluding hydrogens is 412 g/mol. The van der Waals surface area contributed by atoms with Gasteiger partial charge in [0.05, 0.1) is 12.3 Å². The number of nitrogens with zero attached hydrogens (tertiary/aromatic N) is 1. The van der Waals surface area contributed by atoms with Crippen LogP contribution in [0.15, 0.2) is 35.9 Å². The van der Waals surface area contributed by atoms with E-state index in [0.29, 0.717) is 45.7 Å². The number of fused-ring (bicyclic) bond motifs is 1. The van der Waals surface area contributed by atoms with Gasteiger partial charge in [0.2, 0.25) is 6.79 Å². The summed E-state index contributed by atoms with van der Waals surface area (Å²) in [6.07, 6.45) is 1.37. The molecule has 0 bridgehead atoms. The van der Waals surface area contributed by atoms with Crippen molar-refractivity contribution in [2.45, 2.75) is 13.8 Å². The summed E-state index contributed by atoms with van der Waals surface area (Å²) >= 11 is 6.14. The van der Waals surface area contributed by atoms with Gasteiger partial charge in [-0.15, -0.1) is 0 Å². The van der Waals surface area contributed by atoms with Crippen LogP contribution in [0, 0.1) is 6.92 Å². The fourth-order valence-corrected chi connectivity index (χ4v) is 3.37. The number of hydrogen-bond acceptors (Lipinski definition) is 6. The van der Waals surface area contributed by atoms with Crippen LogP contribution in [0.5, 0.6) is 17.2 Å². The number of nitrogens with one attached hydrogen (secondary N) is 1. The number of barbiturate groups is 1. The normalized spacial score (nSPS) is 16.8. The summed E-state index contributed by atoms with van der Waals surface area (Å²) in [5.41, 5.74) is 1.04. The molecule has 4 amide bonds. The molecular formula is C21H17ClN2O6. The van der Waals surface area contributed by atoms with Crippen molar-refractivity contribution < 1.29 is 28.6 Å². The highest BCUT2D eigenvalue weighted by Gasteiger charge is 2.38. The second-order valence-corrected chi connectivity index (χ2v) is 6.93. The van der Waals surface area contributed by atoms with E-state index < -0.39 is 17.8 Å². The highest BCUT2D eigenvalue weighted by Crippen LogP contribution is 2.39. The Morgan fingerprint density at radius 1 is 1.20 bits per heavy atom. The van der Waals surface area contributed by atoms with Crippen molar-refractivity contribution in [1.29, 1.82) is 0 Å². The molecule has 2 aliphatic rings. The van der Waals surface area contributed by atoms with E-state index in [1.807, 2.05) is 6.92 Å². The van der Waals surface area contributed by atoms with Crippen molar-refractivity contribution in [2.24, 2.45) is 0 Å². The lowest BCUT2D eigenvalue weighted by Crippen LogP contribution is -2.54. The van der Waals surface area contributed by atoms with Crippen molar-refractivity contribution in [3.8, 4) is 17.2 Å². The zero-order valence-corrected chi connectivity index (χ0v) is 16.9. The molecule has 1 N–H and O–H groups in total. The van der Waals surface area contributed by atoms with Crippen LogP contribution >= 0.6 is 11.6 Å². The van der Waals surface area contributed by atoms with Crippen molar-refractivity contribution in [3.63, 3.8) is 0 Å². The number of imide groups is 2. The van der Waals surface area contributed by atoms with Crippen LogP contribution in [0.1, 0.15) is 18.1 Å². The van der Waals surface area contributed by atoms with Gasteiger partial charge in [-0.1, -0.05) is 17.7 Å². The Bertz CT molecular complexity index is 1110. The first-order chi connectivity index (χ1) is 14.4. The van der Waals surface area contributed by atoms with Crippen molar-refractivity contribution in [2.75, 3.05) is 18.3 Å². The number of hydrogen-bond donors (Lipinski definition) is 1. The van der Waals surface area contributed by atoms with Gasteiger partial charge in [-0.05, 0) is 43.7 Å². The molecule has 0 radical (unpaired) electrons. The maximum atomic E-state index is 13.2. The zero-order chi connectivity index (χ0) is 21.4. The lowest BCUT2D eigenvalue weighted by atomic mass is 10.0. The van der Waals surface area contributed by atoms with E-state index in [1.165, 1.54) is 6.08 Å². The largest absolute Gasteiger partial charge is 0.493 e. The topological polar surface area (TPSA) is 94.2 Å². The van der Waals surface area contributed by atoms with Crippen LogP contribution in [0.3, 0.4) is 0 Å². The molecule has 2 heterocycles. The van der Waals surface area contributed by atoms with Gasteiger partial charge < -0.3 is 14.2 Å².